The molecule has 1 aromatic heterocycles. The predicted molar refractivity (Wildman–Crippen MR) is 155 cm³/mol. The quantitative estimate of drug-likeness (QED) is 0.191. The van der Waals surface area contributed by atoms with Gasteiger partial charge < -0.3 is 38.0 Å². The number of fused-ring (bicyclic) bond motifs is 2. The maximum Gasteiger partial charge on any atom is 0.374 e. The van der Waals surface area contributed by atoms with Gasteiger partial charge in [0.2, 0.25) is 11.5 Å². The topological polar surface area (TPSA) is 29.5 Å². The predicted octanol–water partition coefficient (Wildman–Crippen LogP) is 5.24. The molecule has 0 radical (unpaired) electrons. The van der Waals surface area contributed by atoms with E-state index in [-0.39, 0.29) is 24.0 Å². The summed E-state index contributed by atoms with van der Waals surface area (Å²) in [5.74, 6) is 2.53. The first-order valence-electron chi connectivity index (χ1n) is 13.2. The van der Waals surface area contributed by atoms with Crippen molar-refractivity contribution < 1.29 is 37.7 Å². The Bertz CT molecular complexity index is 1670. The maximum absolute atomic E-state index is 6.30. The molecule has 0 bridgehead atoms. The van der Waals surface area contributed by atoms with Crippen molar-refractivity contribution >= 4 is 22.9 Å². The zero-order valence-corrected chi connectivity index (χ0v) is 24.6. The highest BCUT2D eigenvalue weighted by Crippen LogP contribution is 2.41. The van der Waals surface area contributed by atoms with Gasteiger partial charge in [-0.2, -0.15) is 4.57 Å². The lowest BCUT2D eigenvalue weighted by Gasteiger charge is -2.16. The van der Waals surface area contributed by atoms with E-state index in [1.165, 1.54) is 22.3 Å². The minimum Gasteiger partial charge on any atom is -1.00 e. The molecule has 0 spiro atoms. The largest absolute Gasteiger partial charge is 1.00 e. The van der Waals surface area contributed by atoms with Crippen LogP contribution in [0.1, 0.15) is 26.7 Å². The van der Waals surface area contributed by atoms with Crippen molar-refractivity contribution in [1.82, 2.24) is 0 Å². The Morgan fingerprint density at radius 3 is 2.08 bits per heavy atom. The highest BCUT2D eigenvalue weighted by molar-refractivity contribution is 5.79. The average Bonchev–Trinajstić information content (AvgIpc) is 3.49. The fraction of sp³-hybridized carbons (Fsp3) is 0.147. The number of ether oxygens (including phenoxy) is 1. The van der Waals surface area contributed by atoms with Gasteiger partial charge in [-0.15, -0.1) is 0 Å². The molecule has 0 unspecified atom stereocenters. The van der Waals surface area contributed by atoms with E-state index in [1.807, 2.05) is 12.1 Å². The standard InChI is InChI=1S/C34H31N2O2.HI/c1-4-35-29-22-27(25-12-8-6-9-13-25)16-18-31(29)37-33(35)20-24(3)21-34-36(5-2)30-23-28(17-19-32(30)38-34)26-14-10-7-11-15-26;/h6-23H,4-5H2,1-3H3;1H/q+1;/p-1. The highest BCUT2D eigenvalue weighted by Gasteiger charge is 2.26. The molecular weight excluding hydrogens is 595 g/mol. The Kier molecular flexibility index (Phi) is 7.89. The normalized spacial score (nSPS) is 13.9. The van der Waals surface area contributed by atoms with Gasteiger partial charge in [0.25, 0.3) is 5.52 Å². The number of oxazole rings is 1. The molecule has 0 atom stereocenters. The maximum atomic E-state index is 6.30. The molecule has 0 saturated carbocycles. The molecule has 0 amide bonds. The SMILES string of the molecule is CCN1/C(=C\C(C)=C\c2oc3ccc(-c4ccccc4)cc3[n+]2CC)Oc2ccc(-c3ccccc3)cc21.[I-]. The third-order valence-electron chi connectivity index (χ3n) is 7.01. The summed E-state index contributed by atoms with van der Waals surface area (Å²) in [4.78, 5) is 2.22. The first kappa shape index (κ1) is 26.8. The van der Waals surface area contributed by atoms with Gasteiger partial charge in [-0.05, 0) is 66.8 Å². The van der Waals surface area contributed by atoms with Gasteiger partial charge in [-0.1, -0.05) is 72.8 Å². The third-order valence-corrected chi connectivity index (χ3v) is 7.01. The number of hydrogen-bond donors (Lipinski definition) is 0. The molecule has 6 rings (SSSR count). The van der Waals surface area contributed by atoms with Crippen LogP contribution >= 0.6 is 0 Å². The summed E-state index contributed by atoms with van der Waals surface area (Å²) in [5.41, 5.74) is 8.88. The molecule has 4 aromatic carbocycles. The molecule has 4 nitrogen and oxygen atoms in total. The van der Waals surface area contributed by atoms with Crippen molar-refractivity contribution in [2.75, 3.05) is 11.4 Å². The Morgan fingerprint density at radius 2 is 1.44 bits per heavy atom. The van der Waals surface area contributed by atoms with Gasteiger partial charge in [0.1, 0.15) is 6.54 Å². The molecule has 0 saturated heterocycles. The minimum atomic E-state index is 0. The van der Waals surface area contributed by atoms with E-state index in [2.05, 4.69) is 127 Å². The van der Waals surface area contributed by atoms with E-state index in [0.29, 0.717) is 0 Å². The van der Waals surface area contributed by atoms with E-state index < -0.39 is 0 Å². The Balaban J connectivity index is 0.00000308. The first-order chi connectivity index (χ1) is 18.6. The van der Waals surface area contributed by atoms with Crippen LogP contribution in [-0.4, -0.2) is 6.54 Å². The third kappa shape index (κ3) is 5.23. The number of hydrogen-bond acceptors (Lipinski definition) is 3. The lowest BCUT2D eigenvalue weighted by molar-refractivity contribution is -0.674. The second-order valence-corrected chi connectivity index (χ2v) is 9.50. The molecule has 1 aliphatic rings. The molecule has 5 heteroatoms. The minimum absolute atomic E-state index is 0. The van der Waals surface area contributed by atoms with Crippen molar-refractivity contribution in [3.05, 3.63) is 120 Å². The van der Waals surface area contributed by atoms with Crippen LogP contribution in [-0.2, 0) is 6.54 Å². The van der Waals surface area contributed by atoms with Crippen molar-refractivity contribution in [2.24, 2.45) is 0 Å². The lowest BCUT2D eigenvalue weighted by Crippen LogP contribution is -3.00. The van der Waals surface area contributed by atoms with E-state index in [1.54, 1.807) is 0 Å². The van der Waals surface area contributed by atoms with Crippen LogP contribution in [0.2, 0.25) is 0 Å². The van der Waals surface area contributed by atoms with Crippen LogP contribution in [0.4, 0.5) is 5.69 Å². The smallest absolute Gasteiger partial charge is 0.374 e. The van der Waals surface area contributed by atoms with Gasteiger partial charge in [-0.25, -0.2) is 0 Å². The fourth-order valence-electron chi connectivity index (χ4n) is 5.12. The van der Waals surface area contributed by atoms with Gasteiger partial charge >= 0.3 is 5.89 Å². The number of nitrogens with zero attached hydrogens (tertiary/aromatic N) is 2. The molecule has 0 fully saturated rings. The summed E-state index contributed by atoms with van der Waals surface area (Å²) in [5, 5.41) is 0. The van der Waals surface area contributed by atoms with Crippen LogP contribution in [0, 0.1) is 0 Å². The van der Waals surface area contributed by atoms with Crippen molar-refractivity contribution in [3.63, 3.8) is 0 Å². The molecule has 39 heavy (non-hydrogen) atoms. The van der Waals surface area contributed by atoms with Crippen molar-refractivity contribution in [1.29, 1.82) is 0 Å². The average molecular weight is 627 g/mol. The van der Waals surface area contributed by atoms with E-state index in [9.17, 15) is 0 Å². The van der Waals surface area contributed by atoms with E-state index >= 15 is 0 Å². The summed E-state index contributed by atoms with van der Waals surface area (Å²) in [7, 11) is 0. The second kappa shape index (κ2) is 11.5. The number of aryl methyl sites for hydroxylation is 1. The number of aromatic nitrogens is 1. The molecule has 0 N–H and O–H groups in total. The zero-order chi connectivity index (χ0) is 26.1. The Labute approximate surface area is 246 Å². The number of allylic oxidation sites excluding steroid dienone is 2. The second-order valence-electron chi connectivity index (χ2n) is 9.50. The summed E-state index contributed by atoms with van der Waals surface area (Å²) in [6, 6.07) is 33.7. The van der Waals surface area contributed by atoms with Gasteiger partial charge in [0, 0.05) is 18.7 Å². The summed E-state index contributed by atoms with van der Waals surface area (Å²) >= 11 is 0. The van der Waals surface area contributed by atoms with Crippen LogP contribution in [0.3, 0.4) is 0 Å². The van der Waals surface area contributed by atoms with Gasteiger partial charge in [0.05, 0.1) is 11.8 Å². The van der Waals surface area contributed by atoms with E-state index in [4.69, 9.17) is 9.15 Å². The molecular formula is C34H31IN2O2. The van der Waals surface area contributed by atoms with Crippen LogP contribution in [0.15, 0.2) is 119 Å². The molecule has 2 heterocycles. The lowest BCUT2D eigenvalue weighted by atomic mass is 10.0. The first-order valence-corrected chi connectivity index (χ1v) is 13.2. The summed E-state index contributed by atoms with van der Waals surface area (Å²) in [6.45, 7) is 8.01. The number of rotatable bonds is 6. The molecule has 5 aromatic rings. The van der Waals surface area contributed by atoms with Gasteiger partial charge in [0.15, 0.2) is 5.75 Å². The van der Waals surface area contributed by atoms with Crippen LogP contribution < -0.4 is 38.2 Å². The number of benzene rings is 4. The summed E-state index contributed by atoms with van der Waals surface area (Å²) < 4.78 is 14.8. The summed E-state index contributed by atoms with van der Waals surface area (Å²) in [6.07, 6.45) is 4.18. The zero-order valence-electron chi connectivity index (χ0n) is 22.4. The van der Waals surface area contributed by atoms with Crippen molar-refractivity contribution in [2.45, 2.75) is 27.3 Å². The van der Waals surface area contributed by atoms with E-state index in [0.717, 1.165) is 53.0 Å². The van der Waals surface area contributed by atoms with Gasteiger partial charge in [-0.3, -0.25) is 0 Å². The number of anilines is 1. The molecule has 1 aliphatic heterocycles. The monoisotopic (exact) mass is 626 g/mol. The van der Waals surface area contributed by atoms with Crippen molar-refractivity contribution in [3.8, 4) is 28.0 Å². The van der Waals surface area contributed by atoms with Crippen LogP contribution in [0.5, 0.6) is 5.75 Å². The molecule has 0 aliphatic carbocycles. The Morgan fingerprint density at radius 1 is 0.795 bits per heavy atom. The molecule has 196 valence electrons. The number of halogens is 1. The van der Waals surface area contributed by atoms with Crippen LogP contribution in [0.25, 0.3) is 39.4 Å². The Hall–Kier alpha value is -3.84. The highest BCUT2D eigenvalue weighted by atomic mass is 127. The fourth-order valence-corrected chi connectivity index (χ4v) is 5.12.